The minimum absolute atomic E-state index is 0.0133. The Hall–Kier alpha value is -4.14. The van der Waals surface area contributed by atoms with Gasteiger partial charge in [0.15, 0.2) is 4.80 Å². The van der Waals surface area contributed by atoms with Gasteiger partial charge in [-0.2, -0.15) is 0 Å². The monoisotopic (exact) mass is 474 g/mol. The highest BCUT2D eigenvalue weighted by Crippen LogP contribution is 2.41. The first-order chi connectivity index (χ1) is 17.2. The Morgan fingerprint density at radius 2 is 1.80 bits per heavy atom. The third kappa shape index (κ3) is 3.82. The molecule has 2 heterocycles. The average molecular weight is 475 g/mol. The largest absolute Gasteiger partial charge is 0.481 e. The Bertz CT molecular complexity index is 1670. The van der Waals surface area contributed by atoms with E-state index >= 15 is 0 Å². The van der Waals surface area contributed by atoms with Crippen LogP contribution in [0, 0.1) is 12.3 Å². The molecule has 0 bridgehead atoms. The van der Waals surface area contributed by atoms with Gasteiger partial charge in [0.05, 0.1) is 16.3 Å². The number of thiazole rings is 1. The summed E-state index contributed by atoms with van der Waals surface area (Å²) < 4.78 is 8.00. The van der Waals surface area contributed by atoms with Crippen molar-refractivity contribution >= 4 is 23.1 Å². The van der Waals surface area contributed by atoms with E-state index < -0.39 is 0 Å². The van der Waals surface area contributed by atoms with Gasteiger partial charge in [0.25, 0.3) is 5.56 Å². The summed E-state index contributed by atoms with van der Waals surface area (Å²) in [5.74, 6) is 3.17. The summed E-state index contributed by atoms with van der Waals surface area (Å²) in [6.45, 7) is 0.227. The van der Waals surface area contributed by atoms with Gasteiger partial charge in [-0.25, -0.2) is 4.99 Å². The molecule has 0 N–H and O–H groups in total. The Labute approximate surface area is 207 Å². The second-order valence-corrected chi connectivity index (χ2v) is 9.60. The van der Waals surface area contributed by atoms with Crippen molar-refractivity contribution in [3.63, 3.8) is 0 Å². The fourth-order valence-corrected chi connectivity index (χ4v) is 5.90. The maximum absolute atomic E-state index is 13.7. The molecular formula is C30H22N2O2S. The van der Waals surface area contributed by atoms with Gasteiger partial charge < -0.3 is 4.74 Å². The first kappa shape index (κ1) is 21.4. The summed E-state index contributed by atoms with van der Waals surface area (Å²) >= 11 is 1.44. The molecule has 1 aliphatic carbocycles. The number of benzene rings is 3. The Kier molecular flexibility index (Phi) is 5.44. The lowest BCUT2D eigenvalue weighted by molar-refractivity contribution is 0.370. The van der Waals surface area contributed by atoms with Gasteiger partial charge in [-0.3, -0.25) is 9.36 Å². The summed E-state index contributed by atoms with van der Waals surface area (Å²) in [6, 6.07) is 26.2. The van der Waals surface area contributed by atoms with Crippen LogP contribution in [0.15, 0.2) is 94.2 Å². The van der Waals surface area contributed by atoms with Crippen molar-refractivity contribution in [1.82, 2.24) is 4.57 Å². The summed E-state index contributed by atoms with van der Waals surface area (Å²) in [7, 11) is 0. The van der Waals surface area contributed by atoms with Crippen molar-refractivity contribution in [2.24, 2.45) is 4.99 Å². The molecule has 1 aromatic heterocycles. The Morgan fingerprint density at radius 3 is 2.60 bits per heavy atom. The number of fused-ring (bicyclic) bond motifs is 3. The van der Waals surface area contributed by atoms with Crippen LogP contribution >= 0.6 is 11.3 Å². The van der Waals surface area contributed by atoms with Crippen molar-refractivity contribution in [3.8, 4) is 18.1 Å². The smallest absolute Gasteiger partial charge is 0.271 e. The topological polar surface area (TPSA) is 43.6 Å². The van der Waals surface area contributed by atoms with E-state index in [0.717, 1.165) is 34.5 Å². The van der Waals surface area contributed by atoms with Gasteiger partial charge in [-0.1, -0.05) is 84.0 Å². The molecule has 35 heavy (non-hydrogen) atoms. The molecule has 0 amide bonds. The quantitative estimate of drug-likeness (QED) is 0.413. The van der Waals surface area contributed by atoms with Crippen LogP contribution < -0.4 is 19.6 Å². The van der Waals surface area contributed by atoms with Gasteiger partial charge in [0.1, 0.15) is 12.4 Å². The van der Waals surface area contributed by atoms with Crippen LogP contribution in [-0.2, 0) is 6.42 Å². The van der Waals surface area contributed by atoms with Crippen molar-refractivity contribution in [2.45, 2.75) is 18.9 Å². The van der Waals surface area contributed by atoms with E-state index in [-0.39, 0.29) is 18.2 Å². The molecule has 0 unspecified atom stereocenters. The number of allylic oxidation sites excluding steroid dienone is 1. The number of terminal acetylenes is 1. The second-order valence-electron chi connectivity index (χ2n) is 8.59. The number of aryl methyl sites for hydroxylation is 1. The van der Waals surface area contributed by atoms with Crippen LogP contribution in [-0.4, -0.2) is 11.2 Å². The predicted octanol–water partition coefficient (Wildman–Crippen LogP) is 4.33. The van der Waals surface area contributed by atoms with Crippen LogP contribution in [0.25, 0.3) is 11.8 Å². The maximum atomic E-state index is 13.7. The molecule has 0 spiro atoms. The van der Waals surface area contributed by atoms with Gasteiger partial charge in [-0.05, 0) is 53.3 Å². The predicted molar refractivity (Wildman–Crippen MR) is 140 cm³/mol. The third-order valence-electron chi connectivity index (χ3n) is 6.49. The summed E-state index contributed by atoms with van der Waals surface area (Å²) in [5, 5.41) is 0. The number of nitrogens with zero attached hydrogens (tertiary/aromatic N) is 2. The summed E-state index contributed by atoms with van der Waals surface area (Å²) in [4.78, 5) is 19.5. The van der Waals surface area contributed by atoms with Crippen molar-refractivity contribution in [1.29, 1.82) is 0 Å². The standard InChI is InChI=1S/C30H22N2O2S/c1-2-18-34-23-15-12-20(13-16-23)19-26-29(33)32-28(22-9-4-3-5-10-22)25-17-14-21-8-6-7-11-24(21)27(25)31-30(32)35-26/h1,3-13,15-16,19,28H,14,17-18H2/b26-19+/t28-/m0/s1. The molecule has 2 aliphatic rings. The zero-order valence-corrected chi connectivity index (χ0v) is 19.8. The first-order valence-corrected chi connectivity index (χ1v) is 12.4. The Balaban J connectivity index is 1.52. The third-order valence-corrected chi connectivity index (χ3v) is 7.47. The van der Waals surface area contributed by atoms with Gasteiger partial charge in [0, 0.05) is 5.56 Å². The lowest BCUT2D eigenvalue weighted by atomic mass is 9.83. The highest BCUT2D eigenvalue weighted by Gasteiger charge is 2.32. The summed E-state index contributed by atoms with van der Waals surface area (Å²) in [6.07, 6.45) is 9.03. The lowest BCUT2D eigenvalue weighted by Crippen LogP contribution is -2.38. The number of aromatic nitrogens is 1. The molecule has 0 radical (unpaired) electrons. The fourth-order valence-electron chi connectivity index (χ4n) is 4.89. The molecule has 3 aromatic carbocycles. The molecule has 0 saturated heterocycles. The second kappa shape index (κ2) is 8.90. The van der Waals surface area contributed by atoms with E-state index in [0.29, 0.717) is 10.3 Å². The van der Waals surface area contributed by atoms with Crippen LogP contribution in [0.4, 0.5) is 0 Å². The van der Waals surface area contributed by atoms with Gasteiger partial charge >= 0.3 is 0 Å². The molecule has 0 saturated carbocycles. The molecular weight excluding hydrogens is 452 g/mol. The number of rotatable bonds is 4. The molecule has 1 aliphatic heterocycles. The van der Waals surface area contributed by atoms with E-state index in [2.05, 4.69) is 42.3 Å². The number of hydrogen-bond donors (Lipinski definition) is 0. The number of hydrogen-bond acceptors (Lipinski definition) is 4. The molecule has 4 aromatic rings. The highest BCUT2D eigenvalue weighted by molar-refractivity contribution is 7.07. The molecule has 5 heteroatoms. The number of ether oxygens (including phenoxy) is 1. The lowest BCUT2D eigenvalue weighted by Gasteiger charge is -2.30. The van der Waals surface area contributed by atoms with E-state index in [1.807, 2.05) is 53.1 Å². The zero-order chi connectivity index (χ0) is 23.8. The maximum Gasteiger partial charge on any atom is 0.271 e. The van der Waals surface area contributed by atoms with Crippen LogP contribution in [0.1, 0.15) is 34.7 Å². The van der Waals surface area contributed by atoms with E-state index in [1.165, 1.54) is 28.0 Å². The van der Waals surface area contributed by atoms with E-state index in [9.17, 15) is 4.79 Å². The van der Waals surface area contributed by atoms with Crippen LogP contribution in [0.5, 0.6) is 5.75 Å². The van der Waals surface area contributed by atoms with Crippen molar-refractivity contribution in [3.05, 3.63) is 126 Å². The minimum atomic E-state index is -0.155. The SMILES string of the molecule is C#CCOc1ccc(/C=c2/sc3n(c2=O)[C@@H](c2ccccc2)C2=C(N=3)c3ccccc3CC2)cc1. The molecule has 1 atom stereocenters. The molecule has 0 fully saturated rings. The van der Waals surface area contributed by atoms with Crippen molar-refractivity contribution in [2.75, 3.05) is 6.61 Å². The van der Waals surface area contributed by atoms with Crippen LogP contribution in [0.2, 0.25) is 0 Å². The average Bonchev–Trinajstić information content (AvgIpc) is 3.21. The van der Waals surface area contributed by atoms with Gasteiger partial charge in [-0.15, -0.1) is 6.42 Å². The highest BCUT2D eigenvalue weighted by atomic mass is 32.1. The summed E-state index contributed by atoms with van der Waals surface area (Å²) in [5.41, 5.74) is 6.74. The molecule has 170 valence electrons. The molecule has 4 nitrogen and oxygen atoms in total. The normalized spacial score (nSPS) is 16.5. The minimum Gasteiger partial charge on any atom is -0.481 e. The van der Waals surface area contributed by atoms with E-state index in [4.69, 9.17) is 16.2 Å². The zero-order valence-electron chi connectivity index (χ0n) is 19.0. The molecule has 6 rings (SSSR count). The van der Waals surface area contributed by atoms with Crippen LogP contribution in [0.3, 0.4) is 0 Å². The van der Waals surface area contributed by atoms with Crippen molar-refractivity contribution < 1.29 is 4.74 Å². The van der Waals surface area contributed by atoms with Gasteiger partial charge in [0.2, 0.25) is 0 Å². The fraction of sp³-hybridized carbons (Fsp3) is 0.133. The first-order valence-electron chi connectivity index (χ1n) is 11.6. The van der Waals surface area contributed by atoms with E-state index in [1.54, 1.807) is 0 Å². The Morgan fingerprint density at radius 1 is 1.03 bits per heavy atom.